The van der Waals surface area contributed by atoms with Crippen LogP contribution in [0.3, 0.4) is 0 Å². The second-order valence-corrected chi connectivity index (χ2v) is 4.85. The number of benzene rings is 1. The molecule has 6 heteroatoms. The van der Waals surface area contributed by atoms with Crippen LogP contribution in [0.15, 0.2) is 24.3 Å². The van der Waals surface area contributed by atoms with Crippen LogP contribution < -0.4 is 0 Å². The van der Waals surface area contributed by atoms with Gasteiger partial charge in [0.25, 0.3) is 5.91 Å². The van der Waals surface area contributed by atoms with E-state index in [1.54, 1.807) is 0 Å². The van der Waals surface area contributed by atoms with Crippen LogP contribution in [0.4, 0.5) is 13.2 Å². The van der Waals surface area contributed by atoms with Gasteiger partial charge in [-0.2, -0.15) is 13.2 Å². The highest BCUT2D eigenvalue weighted by Gasteiger charge is 2.37. The van der Waals surface area contributed by atoms with Crippen molar-refractivity contribution in [3.8, 4) is 0 Å². The Bertz CT molecular complexity index is 484. The molecule has 1 aromatic carbocycles. The van der Waals surface area contributed by atoms with Gasteiger partial charge in [0.15, 0.2) is 0 Å². The highest BCUT2D eigenvalue weighted by Crippen LogP contribution is 2.33. The maximum absolute atomic E-state index is 12.9. The molecule has 0 heterocycles. The van der Waals surface area contributed by atoms with Crippen LogP contribution in [0.25, 0.3) is 0 Å². The van der Waals surface area contributed by atoms with E-state index in [1.165, 1.54) is 23.1 Å². The minimum Gasteiger partial charge on any atom is -0.395 e. The lowest BCUT2D eigenvalue weighted by Crippen LogP contribution is -2.46. The Hall–Kier alpha value is -1.56. The Morgan fingerprint density at radius 2 is 1.95 bits per heavy atom. The molecule has 20 heavy (non-hydrogen) atoms. The smallest absolute Gasteiger partial charge is 0.395 e. The first-order chi connectivity index (χ1) is 9.45. The van der Waals surface area contributed by atoms with Crippen molar-refractivity contribution in [2.75, 3.05) is 13.2 Å². The lowest BCUT2D eigenvalue weighted by molar-refractivity contribution is -0.138. The summed E-state index contributed by atoms with van der Waals surface area (Å²) in [6, 6.07) is 4.72. The van der Waals surface area contributed by atoms with E-state index in [9.17, 15) is 18.0 Å². The average Bonchev–Trinajstić information content (AvgIpc) is 2.34. The molecule has 1 aliphatic rings. The second-order valence-electron chi connectivity index (χ2n) is 4.85. The van der Waals surface area contributed by atoms with Gasteiger partial charge in [-0.25, -0.2) is 0 Å². The molecule has 3 nitrogen and oxygen atoms in total. The zero-order chi connectivity index (χ0) is 14.8. The molecule has 0 spiro atoms. The van der Waals surface area contributed by atoms with E-state index in [2.05, 4.69) is 0 Å². The van der Waals surface area contributed by atoms with E-state index in [-0.39, 0.29) is 24.8 Å². The third-order valence-electron chi connectivity index (χ3n) is 3.58. The Morgan fingerprint density at radius 3 is 2.45 bits per heavy atom. The van der Waals surface area contributed by atoms with E-state index in [0.29, 0.717) is 0 Å². The first-order valence-corrected chi connectivity index (χ1v) is 6.53. The van der Waals surface area contributed by atoms with Crippen LogP contribution in [-0.4, -0.2) is 35.1 Å². The lowest BCUT2D eigenvalue weighted by Gasteiger charge is -2.37. The van der Waals surface area contributed by atoms with E-state index in [0.717, 1.165) is 25.3 Å². The van der Waals surface area contributed by atoms with Crippen LogP contribution in [0.1, 0.15) is 35.2 Å². The van der Waals surface area contributed by atoms with Crippen molar-refractivity contribution in [3.63, 3.8) is 0 Å². The van der Waals surface area contributed by atoms with Gasteiger partial charge in [-0.15, -0.1) is 0 Å². The molecule has 0 radical (unpaired) electrons. The van der Waals surface area contributed by atoms with Gasteiger partial charge in [-0.05, 0) is 31.4 Å². The zero-order valence-corrected chi connectivity index (χ0v) is 10.9. The van der Waals surface area contributed by atoms with Gasteiger partial charge in [0, 0.05) is 12.6 Å². The summed E-state index contributed by atoms with van der Waals surface area (Å²) in [5.41, 5.74) is -1.27. The number of nitrogens with zero attached hydrogens (tertiary/aromatic N) is 1. The summed E-state index contributed by atoms with van der Waals surface area (Å²) in [6.07, 6.45) is -2.04. The van der Waals surface area contributed by atoms with Crippen molar-refractivity contribution in [2.24, 2.45) is 0 Å². The molecule has 0 atom stereocenters. The van der Waals surface area contributed by atoms with E-state index >= 15 is 0 Å². The number of halogens is 3. The number of rotatable bonds is 4. The summed E-state index contributed by atoms with van der Waals surface area (Å²) < 4.78 is 38.8. The molecule has 1 aliphatic carbocycles. The monoisotopic (exact) mass is 287 g/mol. The molecule has 1 aromatic rings. The van der Waals surface area contributed by atoms with Gasteiger partial charge in [-0.3, -0.25) is 4.79 Å². The van der Waals surface area contributed by atoms with Crippen LogP contribution in [0, 0.1) is 0 Å². The highest BCUT2D eigenvalue weighted by molar-refractivity contribution is 5.96. The van der Waals surface area contributed by atoms with Gasteiger partial charge in [0.2, 0.25) is 0 Å². The summed E-state index contributed by atoms with van der Waals surface area (Å²) in [7, 11) is 0. The third-order valence-corrected chi connectivity index (χ3v) is 3.58. The topological polar surface area (TPSA) is 40.5 Å². The first-order valence-electron chi connectivity index (χ1n) is 6.53. The van der Waals surface area contributed by atoms with Crippen LogP contribution >= 0.6 is 0 Å². The second kappa shape index (κ2) is 5.83. The first kappa shape index (κ1) is 14.8. The molecule has 1 amide bonds. The fourth-order valence-electron chi connectivity index (χ4n) is 2.33. The van der Waals surface area contributed by atoms with E-state index in [4.69, 9.17) is 5.11 Å². The number of carbonyl (C=O) groups excluding carboxylic acids is 1. The number of carbonyl (C=O) groups is 1. The van der Waals surface area contributed by atoms with Crippen molar-refractivity contribution in [2.45, 2.75) is 31.5 Å². The minimum atomic E-state index is -4.56. The summed E-state index contributed by atoms with van der Waals surface area (Å²) in [6.45, 7) is -0.188. The molecular weight excluding hydrogens is 271 g/mol. The van der Waals surface area contributed by atoms with Crippen molar-refractivity contribution >= 4 is 5.91 Å². The van der Waals surface area contributed by atoms with Crippen LogP contribution in [-0.2, 0) is 6.18 Å². The molecule has 0 aromatic heterocycles. The number of hydrogen-bond acceptors (Lipinski definition) is 2. The molecular formula is C14H16F3NO2. The molecule has 0 unspecified atom stereocenters. The lowest BCUT2D eigenvalue weighted by atomic mass is 9.90. The van der Waals surface area contributed by atoms with Gasteiger partial charge >= 0.3 is 6.18 Å². The molecule has 1 fully saturated rings. The normalized spacial score (nSPS) is 15.8. The Kier molecular flexibility index (Phi) is 4.32. The Labute approximate surface area is 115 Å². The van der Waals surface area contributed by atoms with Crippen LogP contribution in [0.5, 0.6) is 0 Å². The molecule has 2 rings (SSSR count). The SMILES string of the molecule is O=C(c1ccccc1C(F)(F)F)N(CCO)C1CCC1. The van der Waals surface area contributed by atoms with Gasteiger partial charge in [0.05, 0.1) is 17.7 Å². The van der Waals surface area contributed by atoms with E-state index < -0.39 is 17.6 Å². The fraction of sp³-hybridized carbons (Fsp3) is 0.500. The number of amides is 1. The number of aliphatic hydroxyl groups excluding tert-OH is 1. The molecule has 0 bridgehead atoms. The molecule has 110 valence electrons. The number of hydrogen-bond donors (Lipinski definition) is 1. The largest absolute Gasteiger partial charge is 0.417 e. The zero-order valence-electron chi connectivity index (χ0n) is 10.9. The van der Waals surface area contributed by atoms with Gasteiger partial charge in [-0.1, -0.05) is 12.1 Å². The van der Waals surface area contributed by atoms with Crippen molar-refractivity contribution in [1.82, 2.24) is 4.90 Å². The summed E-state index contributed by atoms with van der Waals surface area (Å²) >= 11 is 0. The maximum atomic E-state index is 12.9. The van der Waals surface area contributed by atoms with Gasteiger partial charge in [0.1, 0.15) is 0 Å². The fourth-order valence-corrected chi connectivity index (χ4v) is 2.33. The Balaban J connectivity index is 2.31. The van der Waals surface area contributed by atoms with Crippen molar-refractivity contribution < 1.29 is 23.1 Å². The number of aliphatic hydroxyl groups is 1. The van der Waals surface area contributed by atoms with Crippen LogP contribution in [0.2, 0.25) is 0 Å². The predicted molar refractivity (Wildman–Crippen MR) is 67.2 cm³/mol. The molecule has 1 saturated carbocycles. The van der Waals surface area contributed by atoms with Crippen molar-refractivity contribution in [3.05, 3.63) is 35.4 Å². The quantitative estimate of drug-likeness (QED) is 0.925. The Morgan fingerprint density at radius 1 is 1.30 bits per heavy atom. The molecule has 1 N–H and O–H groups in total. The summed E-state index contributed by atoms with van der Waals surface area (Å²) in [5.74, 6) is -0.656. The standard InChI is InChI=1S/C14H16F3NO2/c15-14(16,17)12-7-2-1-6-11(12)13(20)18(8-9-19)10-4-3-5-10/h1-2,6-7,10,19H,3-5,8-9H2. The maximum Gasteiger partial charge on any atom is 0.417 e. The predicted octanol–water partition coefficient (Wildman–Crippen LogP) is 2.69. The third kappa shape index (κ3) is 2.95. The van der Waals surface area contributed by atoms with E-state index in [1.807, 2.05) is 0 Å². The number of alkyl halides is 3. The highest BCUT2D eigenvalue weighted by atomic mass is 19.4. The molecule has 0 aliphatic heterocycles. The minimum absolute atomic E-state index is 0.0593. The van der Waals surface area contributed by atoms with Gasteiger partial charge < -0.3 is 10.0 Å². The molecule has 0 saturated heterocycles. The average molecular weight is 287 g/mol. The van der Waals surface area contributed by atoms with Crippen molar-refractivity contribution in [1.29, 1.82) is 0 Å². The summed E-state index contributed by atoms with van der Waals surface area (Å²) in [4.78, 5) is 13.7. The summed E-state index contributed by atoms with van der Waals surface area (Å²) in [5, 5.41) is 9.01.